The lowest BCUT2D eigenvalue weighted by Gasteiger charge is -2.45. The predicted molar refractivity (Wildman–Crippen MR) is 101 cm³/mol. The van der Waals surface area contributed by atoms with Gasteiger partial charge in [0.1, 0.15) is 0 Å². The Morgan fingerprint density at radius 2 is 1.46 bits per heavy atom. The highest BCUT2D eigenvalue weighted by Crippen LogP contribution is 2.52. The summed E-state index contributed by atoms with van der Waals surface area (Å²) in [6.07, 6.45) is 17.1. The highest BCUT2D eigenvalue weighted by Gasteiger charge is 2.44. The number of aliphatic imine (C=N–C) groups is 1. The summed E-state index contributed by atoms with van der Waals surface area (Å²) >= 11 is 0. The van der Waals surface area contributed by atoms with Crippen molar-refractivity contribution in [1.29, 1.82) is 5.26 Å². The Morgan fingerprint density at radius 1 is 0.875 bits per heavy atom. The molecule has 0 aromatic rings. The first-order valence-electron chi connectivity index (χ1n) is 10.2. The van der Waals surface area contributed by atoms with Gasteiger partial charge in [-0.3, -0.25) is 4.99 Å². The van der Waals surface area contributed by atoms with Gasteiger partial charge in [-0.2, -0.15) is 5.26 Å². The SMILES string of the molecule is C=CC1CCC(C2CCC(C#N)(C3CCC(N=C)CC3)CC2)CC1. The lowest BCUT2D eigenvalue weighted by molar-refractivity contribution is 0.0699. The molecule has 0 aromatic carbocycles. The van der Waals surface area contributed by atoms with Crippen LogP contribution >= 0.6 is 0 Å². The summed E-state index contributed by atoms with van der Waals surface area (Å²) in [6.45, 7) is 7.68. The summed E-state index contributed by atoms with van der Waals surface area (Å²) in [5.41, 5.74) is -0.0268. The Hall–Kier alpha value is -1.10. The van der Waals surface area contributed by atoms with Gasteiger partial charge in [-0.1, -0.05) is 6.08 Å². The van der Waals surface area contributed by atoms with Crippen molar-refractivity contribution >= 4 is 6.72 Å². The summed E-state index contributed by atoms with van der Waals surface area (Å²) in [4.78, 5) is 4.22. The van der Waals surface area contributed by atoms with Crippen LogP contribution in [0, 0.1) is 40.4 Å². The van der Waals surface area contributed by atoms with Crippen LogP contribution in [0.15, 0.2) is 17.6 Å². The predicted octanol–water partition coefficient (Wildman–Crippen LogP) is 5.94. The topological polar surface area (TPSA) is 36.1 Å². The number of hydrogen-bond acceptors (Lipinski definition) is 2. The Kier molecular flexibility index (Phi) is 5.80. The summed E-state index contributed by atoms with van der Waals surface area (Å²) in [6, 6.07) is 3.25. The van der Waals surface area contributed by atoms with Gasteiger partial charge in [-0.25, -0.2) is 0 Å². The molecule has 0 heterocycles. The molecule has 0 unspecified atom stereocenters. The van der Waals surface area contributed by atoms with Gasteiger partial charge in [-0.05, 0) is 107 Å². The molecule has 3 aliphatic carbocycles. The second-order valence-electron chi connectivity index (χ2n) is 8.70. The maximum Gasteiger partial charge on any atom is 0.0692 e. The number of hydrogen-bond donors (Lipinski definition) is 0. The molecule has 0 N–H and O–H groups in total. The van der Waals surface area contributed by atoms with E-state index in [1.54, 1.807) is 0 Å². The van der Waals surface area contributed by atoms with Gasteiger partial charge in [-0.15, -0.1) is 6.58 Å². The fourth-order valence-electron chi connectivity index (χ4n) is 5.90. The molecule has 3 rings (SSSR count). The van der Waals surface area contributed by atoms with Crippen molar-refractivity contribution in [3.63, 3.8) is 0 Å². The first kappa shape index (κ1) is 17.7. The van der Waals surface area contributed by atoms with Crippen LogP contribution in [0.4, 0.5) is 0 Å². The summed E-state index contributed by atoms with van der Waals surface area (Å²) < 4.78 is 0. The fraction of sp³-hybridized carbons (Fsp3) is 0.818. The lowest BCUT2D eigenvalue weighted by Crippen LogP contribution is -2.38. The zero-order chi connectivity index (χ0) is 17.0. The van der Waals surface area contributed by atoms with Crippen molar-refractivity contribution in [3.05, 3.63) is 12.7 Å². The average molecular weight is 327 g/mol. The standard InChI is InChI=1S/C22H34N2/c1-3-17-4-6-18(7-5-17)19-12-14-22(16-23,15-13-19)20-8-10-21(24-2)11-9-20/h3,17-21H,1-2,4-15H2. The summed E-state index contributed by atoms with van der Waals surface area (Å²) in [5.74, 6) is 3.16. The zero-order valence-electron chi connectivity index (χ0n) is 15.3. The van der Waals surface area contributed by atoms with Crippen molar-refractivity contribution in [2.24, 2.45) is 34.1 Å². The second-order valence-corrected chi connectivity index (χ2v) is 8.70. The van der Waals surface area contributed by atoms with Gasteiger partial charge in [0, 0.05) is 6.04 Å². The van der Waals surface area contributed by atoms with E-state index in [4.69, 9.17) is 0 Å². The van der Waals surface area contributed by atoms with Crippen molar-refractivity contribution in [3.8, 4) is 6.07 Å². The molecule has 2 heteroatoms. The third kappa shape index (κ3) is 3.61. The second kappa shape index (κ2) is 7.85. The van der Waals surface area contributed by atoms with Gasteiger partial charge < -0.3 is 0 Å². The Balaban J connectivity index is 1.54. The Bertz CT molecular complexity index is 465. The smallest absolute Gasteiger partial charge is 0.0692 e. The van der Waals surface area contributed by atoms with Gasteiger partial charge in [0.05, 0.1) is 11.5 Å². The number of nitriles is 1. The molecule has 0 spiro atoms. The number of allylic oxidation sites excluding steroid dienone is 1. The molecule has 132 valence electrons. The summed E-state index contributed by atoms with van der Waals surface area (Å²) in [5, 5.41) is 9.98. The molecular formula is C22H34N2. The van der Waals surface area contributed by atoms with Gasteiger partial charge in [0.25, 0.3) is 0 Å². The molecule has 0 aliphatic heterocycles. The van der Waals surface area contributed by atoms with E-state index in [2.05, 4.69) is 30.4 Å². The largest absolute Gasteiger partial charge is 0.298 e. The minimum Gasteiger partial charge on any atom is -0.298 e. The highest BCUT2D eigenvalue weighted by atomic mass is 14.7. The molecule has 0 saturated heterocycles. The molecule has 3 saturated carbocycles. The average Bonchev–Trinajstić information content (AvgIpc) is 2.68. The van der Waals surface area contributed by atoms with E-state index in [9.17, 15) is 5.26 Å². The van der Waals surface area contributed by atoms with Crippen LogP contribution in [0.3, 0.4) is 0 Å². The zero-order valence-corrected chi connectivity index (χ0v) is 15.3. The maximum absolute atomic E-state index is 9.98. The third-order valence-corrected chi connectivity index (χ3v) is 7.70. The van der Waals surface area contributed by atoms with E-state index >= 15 is 0 Å². The monoisotopic (exact) mass is 326 g/mol. The van der Waals surface area contributed by atoms with Crippen LogP contribution < -0.4 is 0 Å². The molecule has 0 atom stereocenters. The van der Waals surface area contributed by atoms with Gasteiger partial charge in [0.2, 0.25) is 0 Å². The van der Waals surface area contributed by atoms with Crippen molar-refractivity contribution in [2.75, 3.05) is 0 Å². The molecule has 24 heavy (non-hydrogen) atoms. The molecular weight excluding hydrogens is 292 g/mol. The minimum atomic E-state index is -0.0268. The van der Waals surface area contributed by atoms with E-state index in [0.717, 1.165) is 43.4 Å². The molecule has 0 amide bonds. The van der Waals surface area contributed by atoms with E-state index < -0.39 is 0 Å². The van der Waals surface area contributed by atoms with Crippen LogP contribution in [-0.4, -0.2) is 12.8 Å². The van der Waals surface area contributed by atoms with Crippen molar-refractivity contribution in [2.45, 2.75) is 83.1 Å². The first-order chi connectivity index (χ1) is 11.7. The maximum atomic E-state index is 9.98. The Labute approximate surface area is 148 Å². The number of rotatable bonds is 4. The molecule has 0 radical (unpaired) electrons. The lowest BCUT2D eigenvalue weighted by atomic mass is 9.58. The molecule has 3 aliphatic rings. The normalized spacial score (nSPS) is 43.5. The van der Waals surface area contributed by atoms with Crippen molar-refractivity contribution < 1.29 is 0 Å². The third-order valence-electron chi connectivity index (χ3n) is 7.70. The minimum absolute atomic E-state index is 0.0268. The van der Waals surface area contributed by atoms with Crippen LogP contribution in [0.5, 0.6) is 0 Å². The van der Waals surface area contributed by atoms with E-state index in [-0.39, 0.29) is 5.41 Å². The Morgan fingerprint density at radius 3 is 1.96 bits per heavy atom. The molecule has 3 fully saturated rings. The van der Waals surface area contributed by atoms with E-state index in [0.29, 0.717) is 12.0 Å². The first-order valence-corrected chi connectivity index (χ1v) is 10.2. The van der Waals surface area contributed by atoms with E-state index in [1.165, 1.54) is 51.4 Å². The summed E-state index contributed by atoms with van der Waals surface area (Å²) in [7, 11) is 0. The quantitative estimate of drug-likeness (QED) is 0.465. The van der Waals surface area contributed by atoms with Gasteiger partial charge in [0.15, 0.2) is 0 Å². The van der Waals surface area contributed by atoms with Crippen LogP contribution in [0.2, 0.25) is 0 Å². The molecule has 0 aromatic heterocycles. The van der Waals surface area contributed by atoms with Crippen LogP contribution in [0.25, 0.3) is 0 Å². The van der Waals surface area contributed by atoms with Crippen LogP contribution in [0.1, 0.15) is 77.0 Å². The van der Waals surface area contributed by atoms with Crippen LogP contribution in [-0.2, 0) is 0 Å². The number of nitrogens with zero attached hydrogens (tertiary/aromatic N) is 2. The highest BCUT2D eigenvalue weighted by molar-refractivity contribution is 5.24. The fourth-order valence-corrected chi connectivity index (χ4v) is 5.90. The van der Waals surface area contributed by atoms with E-state index in [1.807, 2.05) is 0 Å². The van der Waals surface area contributed by atoms with Crippen molar-refractivity contribution in [1.82, 2.24) is 0 Å². The van der Waals surface area contributed by atoms with Gasteiger partial charge >= 0.3 is 0 Å². The molecule has 0 bridgehead atoms. The molecule has 2 nitrogen and oxygen atoms in total.